The first-order chi connectivity index (χ1) is 15.0. The number of halogens is 1. The van der Waals surface area contributed by atoms with Gasteiger partial charge in [0.1, 0.15) is 5.69 Å². The van der Waals surface area contributed by atoms with Crippen molar-refractivity contribution in [3.05, 3.63) is 58.4 Å². The van der Waals surface area contributed by atoms with E-state index in [0.717, 1.165) is 48.4 Å². The molecule has 1 saturated heterocycles. The quantitative estimate of drug-likeness (QED) is 0.525. The topological polar surface area (TPSA) is 66.4 Å². The van der Waals surface area contributed by atoms with E-state index in [9.17, 15) is 14.0 Å². The van der Waals surface area contributed by atoms with E-state index in [1.165, 1.54) is 0 Å². The largest absolute Gasteiger partial charge is 0.365 e. The molecule has 0 bridgehead atoms. The summed E-state index contributed by atoms with van der Waals surface area (Å²) < 4.78 is 14.5. The predicted octanol–water partition coefficient (Wildman–Crippen LogP) is 3.45. The van der Waals surface area contributed by atoms with Crippen molar-refractivity contribution in [3.63, 3.8) is 0 Å². The van der Waals surface area contributed by atoms with Crippen molar-refractivity contribution in [1.82, 2.24) is 14.9 Å². The van der Waals surface area contributed by atoms with Crippen LogP contribution in [0, 0.1) is 5.95 Å². The summed E-state index contributed by atoms with van der Waals surface area (Å²) in [4.78, 5) is 36.6. The minimum Gasteiger partial charge on any atom is -0.365 e. The Labute approximate surface area is 181 Å². The van der Waals surface area contributed by atoms with Gasteiger partial charge >= 0.3 is 0 Å². The number of nitrogens with zero attached hydrogens (tertiary/aromatic N) is 4. The fraction of sp³-hybridized carbons (Fsp3) is 0.417. The lowest BCUT2D eigenvalue weighted by Crippen LogP contribution is -2.46. The number of fused-ring (bicyclic) bond motifs is 1. The molecule has 0 aromatic carbocycles. The van der Waals surface area contributed by atoms with Crippen LogP contribution >= 0.6 is 0 Å². The van der Waals surface area contributed by atoms with E-state index in [4.69, 9.17) is 0 Å². The zero-order valence-corrected chi connectivity index (χ0v) is 18.0. The highest BCUT2D eigenvalue weighted by Crippen LogP contribution is 2.24. The molecule has 4 rings (SSSR count). The molecule has 1 fully saturated rings. The van der Waals surface area contributed by atoms with Crippen LogP contribution < -0.4 is 4.90 Å². The van der Waals surface area contributed by atoms with Gasteiger partial charge in [-0.1, -0.05) is 19.9 Å². The van der Waals surface area contributed by atoms with E-state index in [-0.39, 0.29) is 17.3 Å². The highest BCUT2D eigenvalue weighted by atomic mass is 19.1. The number of rotatable bonds is 6. The Hall–Kier alpha value is -2.93. The fourth-order valence-corrected chi connectivity index (χ4v) is 4.16. The van der Waals surface area contributed by atoms with Crippen LogP contribution in [0.3, 0.4) is 0 Å². The second-order valence-electron chi connectivity index (χ2n) is 8.06. The number of piperazine rings is 1. The Balaban J connectivity index is 1.38. The number of ketones is 2. The van der Waals surface area contributed by atoms with E-state index in [1.807, 2.05) is 24.1 Å². The SMILES string of the molecule is CCC(=O)c1ccc(N2CCN(Cc3cnc4c(c3)CC(=O)C(CC)=C4)CC2)c(F)n1. The molecule has 0 unspecified atom stereocenters. The lowest BCUT2D eigenvalue weighted by Gasteiger charge is -2.36. The van der Waals surface area contributed by atoms with Crippen LogP contribution in [0.2, 0.25) is 0 Å². The Morgan fingerprint density at radius 2 is 1.94 bits per heavy atom. The second kappa shape index (κ2) is 9.06. The highest BCUT2D eigenvalue weighted by Gasteiger charge is 2.22. The summed E-state index contributed by atoms with van der Waals surface area (Å²) in [6.07, 6.45) is 5.27. The maximum atomic E-state index is 14.5. The van der Waals surface area contributed by atoms with Crippen molar-refractivity contribution in [2.45, 2.75) is 39.7 Å². The summed E-state index contributed by atoms with van der Waals surface area (Å²) in [5, 5.41) is 0. The lowest BCUT2D eigenvalue weighted by molar-refractivity contribution is -0.115. The molecule has 31 heavy (non-hydrogen) atoms. The van der Waals surface area contributed by atoms with E-state index in [0.29, 0.717) is 31.6 Å². The first kappa shape index (κ1) is 21.3. The number of Topliss-reactive ketones (excluding diaryl/α,β-unsaturated/α-hetero) is 2. The molecule has 3 heterocycles. The van der Waals surface area contributed by atoms with E-state index in [2.05, 4.69) is 20.9 Å². The van der Waals surface area contributed by atoms with Crippen LogP contribution in [0.5, 0.6) is 0 Å². The first-order valence-corrected chi connectivity index (χ1v) is 10.9. The zero-order chi connectivity index (χ0) is 22.0. The fourth-order valence-electron chi connectivity index (χ4n) is 4.16. The maximum Gasteiger partial charge on any atom is 0.237 e. The molecule has 0 saturated carbocycles. The Morgan fingerprint density at radius 3 is 2.61 bits per heavy atom. The van der Waals surface area contributed by atoms with Crippen LogP contribution in [0.4, 0.5) is 10.1 Å². The molecule has 0 atom stereocenters. The number of aromatic nitrogens is 2. The second-order valence-corrected chi connectivity index (χ2v) is 8.06. The number of carbonyl (C=O) groups is 2. The van der Waals surface area contributed by atoms with Crippen molar-refractivity contribution in [3.8, 4) is 0 Å². The molecule has 1 aliphatic carbocycles. The molecular weight excluding hydrogens is 395 g/mol. The van der Waals surface area contributed by atoms with Gasteiger partial charge in [0.15, 0.2) is 11.6 Å². The van der Waals surface area contributed by atoms with E-state index < -0.39 is 5.95 Å². The summed E-state index contributed by atoms with van der Waals surface area (Å²) in [6, 6.07) is 5.35. The van der Waals surface area contributed by atoms with Crippen LogP contribution in [-0.4, -0.2) is 52.6 Å². The van der Waals surface area contributed by atoms with Crippen molar-refractivity contribution >= 4 is 23.3 Å². The minimum atomic E-state index is -0.587. The molecular formula is C24H27FN4O2. The summed E-state index contributed by atoms with van der Waals surface area (Å²) in [5.41, 5.74) is 4.45. The minimum absolute atomic E-state index is 0.156. The third kappa shape index (κ3) is 4.56. The van der Waals surface area contributed by atoms with Gasteiger partial charge in [-0.25, -0.2) is 4.98 Å². The number of carbonyl (C=O) groups excluding carboxylic acids is 2. The van der Waals surface area contributed by atoms with Crippen LogP contribution in [-0.2, 0) is 17.8 Å². The smallest absolute Gasteiger partial charge is 0.237 e. The van der Waals surface area contributed by atoms with Crippen molar-refractivity contribution in [1.29, 1.82) is 0 Å². The van der Waals surface area contributed by atoms with Crippen molar-refractivity contribution < 1.29 is 14.0 Å². The van der Waals surface area contributed by atoms with E-state index in [1.54, 1.807) is 19.1 Å². The standard InChI is InChI=1S/C24H27FN4O2/c1-3-17-12-20-18(13-23(17)31)11-16(14-26-20)15-28-7-9-29(10-8-28)21-6-5-19(22(30)4-2)27-24(21)25/h5-6,11-12,14H,3-4,7-10,13,15H2,1-2H3. The molecule has 1 aliphatic heterocycles. The highest BCUT2D eigenvalue weighted by molar-refractivity contribution is 6.03. The summed E-state index contributed by atoms with van der Waals surface area (Å²) >= 11 is 0. The maximum absolute atomic E-state index is 14.5. The Kier molecular flexibility index (Phi) is 6.23. The third-order valence-electron chi connectivity index (χ3n) is 6.01. The van der Waals surface area contributed by atoms with Crippen molar-refractivity contribution in [2.75, 3.05) is 31.1 Å². The number of pyridine rings is 2. The van der Waals surface area contributed by atoms with Gasteiger partial charge in [-0.2, -0.15) is 4.39 Å². The number of anilines is 1. The Bertz CT molecular complexity index is 1040. The molecule has 162 valence electrons. The number of allylic oxidation sites excluding steroid dienone is 1. The molecule has 0 amide bonds. The normalized spacial score (nSPS) is 16.8. The molecule has 2 aromatic rings. The van der Waals surface area contributed by atoms with E-state index >= 15 is 0 Å². The summed E-state index contributed by atoms with van der Waals surface area (Å²) in [5.74, 6) is -0.558. The average molecular weight is 423 g/mol. The van der Waals surface area contributed by atoms with Gasteiger partial charge in [-0.05, 0) is 41.3 Å². The van der Waals surface area contributed by atoms with Gasteiger partial charge in [-0.3, -0.25) is 19.5 Å². The molecule has 6 nitrogen and oxygen atoms in total. The average Bonchev–Trinajstić information content (AvgIpc) is 2.78. The van der Waals surface area contributed by atoms with Crippen molar-refractivity contribution in [2.24, 2.45) is 0 Å². The number of hydrogen-bond acceptors (Lipinski definition) is 6. The summed E-state index contributed by atoms with van der Waals surface area (Å²) in [6.45, 7) is 7.40. The van der Waals surface area contributed by atoms with Crippen LogP contribution in [0.1, 0.15) is 54.0 Å². The molecule has 7 heteroatoms. The zero-order valence-electron chi connectivity index (χ0n) is 18.0. The summed E-state index contributed by atoms with van der Waals surface area (Å²) in [7, 11) is 0. The van der Waals surface area contributed by atoms with Crippen LogP contribution in [0.25, 0.3) is 6.08 Å². The van der Waals surface area contributed by atoms with Gasteiger partial charge < -0.3 is 4.90 Å². The van der Waals surface area contributed by atoms with Gasteiger partial charge in [0.25, 0.3) is 0 Å². The molecule has 0 radical (unpaired) electrons. The molecule has 2 aromatic heterocycles. The lowest BCUT2D eigenvalue weighted by atomic mass is 9.92. The van der Waals surface area contributed by atoms with Gasteiger partial charge in [-0.15, -0.1) is 0 Å². The number of hydrogen-bond donors (Lipinski definition) is 0. The van der Waals surface area contributed by atoms with Gasteiger partial charge in [0, 0.05) is 51.8 Å². The molecule has 2 aliphatic rings. The van der Waals surface area contributed by atoms with Gasteiger partial charge in [0.2, 0.25) is 5.95 Å². The van der Waals surface area contributed by atoms with Gasteiger partial charge in [0.05, 0.1) is 11.4 Å². The Morgan fingerprint density at radius 1 is 1.16 bits per heavy atom. The molecule has 0 N–H and O–H groups in total. The van der Waals surface area contributed by atoms with Crippen LogP contribution in [0.15, 0.2) is 30.0 Å². The third-order valence-corrected chi connectivity index (χ3v) is 6.01. The first-order valence-electron chi connectivity index (χ1n) is 10.9. The predicted molar refractivity (Wildman–Crippen MR) is 118 cm³/mol. The monoisotopic (exact) mass is 422 g/mol. The molecule has 0 spiro atoms.